The SMILES string of the molecule is CCNC(=NCc1cc2ccccc2o1)NCC1CCN(S(=O)(=O)C(F)(F)F)CC1. The molecule has 0 radical (unpaired) electrons. The molecule has 0 unspecified atom stereocenters. The Morgan fingerprint density at radius 1 is 1.23 bits per heavy atom. The summed E-state index contributed by atoms with van der Waals surface area (Å²) in [6.07, 6.45) is 0.705. The topological polar surface area (TPSA) is 86.9 Å². The van der Waals surface area contributed by atoms with Crippen LogP contribution in [0.3, 0.4) is 0 Å². The molecule has 1 aromatic carbocycles. The zero-order chi connectivity index (χ0) is 21.8. The maximum absolute atomic E-state index is 12.7. The molecule has 0 aliphatic carbocycles. The van der Waals surface area contributed by atoms with Gasteiger partial charge in [-0.05, 0) is 37.8 Å². The molecule has 2 N–H and O–H groups in total. The van der Waals surface area contributed by atoms with Crippen molar-refractivity contribution >= 4 is 27.0 Å². The second-order valence-electron chi connectivity index (χ2n) is 7.12. The van der Waals surface area contributed by atoms with Crippen molar-refractivity contribution < 1.29 is 26.0 Å². The van der Waals surface area contributed by atoms with Crippen LogP contribution in [-0.2, 0) is 16.6 Å². The largest absolute Gasteiger partial charge is 0.511 e. The molecule has 0 amide bonds. The first-order valence-corrected chi connectivity index (χ1v) is 11.2. The number of rotatable bonds is 6. The molecule has 0 bridgehead atoms. The first kappa shape index (κ1) is 22.4. The van der Waals surface area contributed by atoms with Gasteiger partial charge in [0.05, 0.1) is 0 Å². The molecular weight excluding hydrogens is 421 g/mol. The van der Waals surface area contributed by atoms with Crippen LogP contribution in [0.2, 0.25) is 0 Å². The highest BCUT2D eigenvalue weighted by Crippen LogP contribution is 2.30. The van der Waals surface area contributed by atoms with E-state index in [-0.39, 0.29) is 19.0 Å². The van der Waals surface area contributed by atoms with Gasteiger partial charge in [0.1, 0.15) is 17.9 Å². The summed E-state index contributed by atoms with van der Waals surface area (Å²) in [6.45, 7) is 3.13. The number of piperidine rings is 1. The molecular formula is C19H25F3N4O3S. The van der Waals surface area contributed by atoms with Crippen LogP contribution in [0.1, 0.15) is 25.5 Å². The maximum Gasteiger partial charge on any atom is 0.511 e. The van der Waals surface area contributed by atoms with E-state index in [4.69, 9.17) is 4.42 Å². The van der Waals surface area contributed by atoms with Crippen molar-refractivity contribution in [3.8, 4) is 0 Å². The van der Waals surface area contributed by atoms with Crippen LogP contribution in [0.25, 0.3) is 11.0 Å². The highest BCUT2D eigenvalue weighted by atomic mass is 32.2. The summed E-state index contributed by atoms with van der Waals surface area (Å²) in [5.41, 5.74) is -4.46. The van der Waals surface area contributed by atoms with E-state index in [9.17, 15) is 21.6 Å². The van der Waals surface area contributed by atoms with Crippen LogP contribution in [0.5, 0.6) is 0 Å². The third kappa shape index (κ3) is 5.25. The molecule has 1 aliphatic heterocycles. The monoisotopic (exact) mass is 446 g/mol. The summed E-state index contributed by atoms with van der Waals surface area (Å²) in [5, 5.41) is 7.31. The summed E-state index contributed by atoms with van der Waals surface area (Å²) in [6, 6.07) is 9.61. The first-order chi connectivity index (χ1) is 14.2. The number of halogens is 3. The molecule has 0 atom stereocenters. The van der Waals surface area contributed by atoms with Gasteiger partial charge in [0, 0.05) is 31.6 Å². The van der Waals surface area contributed by atoms with Gasteiger partial charge in [-0.15, -0.1) is 0 Å². The van der Waals surface area contributed by atoms with E-state index >= 15 is 0 Å². The molecule has 11 heteroatoms. The Kier molecular flexibility index (Phi) is 6.91. The number of nitrogens with zero attached hydrogens (tertiary/aromatic N) is 2. The highest BCUT2D eigenvalue weighted by molar-refractivity contribution is 7.90. The van der Waals surface area contributed by atoms with E-state index < -0.39 is 15.5 Å². The Hall–Kier alpha value is -2.27. The van der Waals surface area contributed by atoms with Crippen molar-refractivity contribution in [1.82, 2.24) is 14.9 Å². The van der Waals surface area contributed by atoms with Crippen LogP contribution in [-0.4, -0.2) is 50.4 Å². The van der Waals surface area contributed by atoms with E-state index in [2.05, 4.69) is 15.6 Å². The van der Waals surface area contributed by atoms with Gasteiger partial charge >= 0.3 is 15.5 Å². The van der Waals surface area contributed by atoms with Crippen LogP contribution >= 0.6 is 0 Å². The van der Waals surface area contributed by atoms with Crippen LogP contribution in [0, 0.1) is 5.92 Å². The minimum atomic E-state index is -5.25. The Balaban J connectivity index is 1.53. The van der Waals surface area contributed by atoms with Crippen molar-refractivity contribution in [2.24, 2.45) is 10.9 Å². The molecule has 1 fully saturated rings. The normalized spacial score (nSPS) is 17.4. The second-order valence-corrected chi connectivity index (χ2v) is 9.05. The molecule has 7 nitrogen and oxygen atoms in total. The Morgan fingerprint density at radius 3 is 2.57 bits per heavy atom. The predicted octanol–water partition coefficient (Wildman–Crippen LogP) is 3.05. The van der Waals surface area contributed by atoms with Gasteiger partial charge in [-0.25, -0.2) is 13.4 Å². The summed E-state index contributed by atoms with van der Waals surface area (Å²) in [7, 11) is -5.25. The molecule has 166 valence electrons. The standard InChI is InChI=1S/C19H25F3N4O3S/c1-2-23-18(25-13-16-11-15-5-3-4-6-17(15)29-16)24-12-14-7-9-26(10-8-14)30(27,28)19(20,21)22/h3-6,11,14H,2,7-10,12-13H2,1H3,(H2,23,24,25). The quantitative estimate of drug-likeness (QED) is 0.526. The fourth-order valence-corrected chi connectivity index (χ4v) is 4.34. The first-order valence-electron chi connectivity index (χ1n) is 9.76. The second kappa shape index (κ2) is 9.25. The number of nitrogens with one attached hydrogen (secondary N) is 2. The van der Waals surface area contributed by atoms with Crippen molar-refractivity contribution in [2.75, 3.05) is 26.2 Å². The zero-order valence-electron chi connectivity index (χ0n) is 16.6. The van der Waals surface area contributed by atoms with Crippen molar-refractivity contribution in [3.05, 3.63) is 36.1 Å². The number of sulfonamides is 1. The number of hydrogen-bond donors (Lipinski definition) is 2. The molecule has 30 heavy (non-hydrogen) atoms. The third-order valence-electron chi connectivity index (χ3n) is 4.98. The van der Waals surface area contributed by atoms with Gasteiger partial charge in [-0.2, -0.15) is 17.5 Å². The van der Waals surface area contributed by atoms with E-state index in [0.717, 1.165) is 16.7 Å². The molecule has 1 aliphatic rings. The molecule has 3 rings (SSSR count). The number of benzene rings is 1. The Labute approximate surface area is 173 Å². The number of hydrogen-bond acceptors (Lipinski definition) is 4. The minimum absolute atomic E-state index is 0.0553. The smallest absolute Gasteiger partial charge is 0.459 e. The van der Waals surface area contributed by atoms with E-state index in [1.165, 1.54) is 0 Å². The predicted molar refractivity (Wildman–Crippen MR) is 108 cm³/mol. The van der Waals surface area contributed by atoms with Crippen LogP contribution in [0.4, 0.5) is 13.2 Å². The van der Waals surface area contributed by atoms with E-state index in [1.54, 1.807) is 0 Å². The average molecular weight is 446 g/mol. The lowest BCUT2D eigenvalue weighted by molar-refractivity contribution is -0.0496. The van der Waals surface area contributed by atoms with Crippen molar-refractivity contribution in [1.29, 1.82) is 0 Å². The molecule has 0 spiro atoms. The van der Waals surface area contributed by atoms with Gasteiger partial charge in [0.15, 0.2) is 5.96 Å². The maximum atomic E-state index is 12.7. The fourth-order valence-electron chi connectivity index (χ4n) is 3.35. The summed E-state index contributed by atoms with van der Waals surface area (Å²) < 4.78 is 67.3. The van der Waals surface area contributed by atoms with Crippen molar-refractivity contribution in [2.45, 2.75) is 31.8 Å². The Bertz CT molecular complexity index is 947. The van der Waals surface area contributed by atoms with Gasteiger partial charge in [0.25, 0.3) is 0 Å². The fraction of sp³-hybridized carbons (Fsp3) is 0.526. The average Bonchev–Trinajstić information content (AvgIpc) is 3.12. The molecule has 0 saturated carbocycles. The lowest BCUT2D eigenvalue weighted by Crippen LogP contribution is -2.47. The van der Waals surface area contributed by atoms with E-state index in [0.29, 0.717) is 42.7 Å². The number of guanidine groups is 1. The van der Waals surface area contributed by atoms with E-state index in [1.807, 2.05) is 37.3 Å². The number of para-hydroxylation sites is 1. The molecule has 1 saturated heterocycles. The Morgan fingerprint density at radius 2 is 1.93 bits per heavy atom. The highest BCUT2D eigenvalue weighted by Gasteiger charge is 2.50. The van der Waals surface area contributed by atoms with Crippen molar-refractivity contribution in [3.63, 3.8) is 0 Å². The summed E-state index contributed by atoms with van der Waals surface area (Å²) in [4.78, 5) is 4.50. The van der Waals surface area contributed by atoms with Gasteiger partial charge in [-0.1, -0.05) is 18.2 Å². The molecule has 1 aromatic heterocycles. The zero-order valence-corrected chi connectivity index (χ0v) is 17.4. The number of alkyl halides is 3. The summed E-state index contributed by atoms with van der Waals surface area (Å²) in [5.74, 6) is 1.35. The minimum Gasteiger partial charge on any atom is -0.459 e. The summed E-state index contributed by atoms with van der Waals surface area (Å²) >= 11 is 0. The lowest BCUT2D eigenvalue weighted by Gasteiger charge is -2.31. The third-order valence-corrected chi connectivity index (χ3v) is 6.61. The van der Waals surface area contributed by atoms with Gasteiger partial charge in [-0.3, -0.25) is 0 Å². The lowest BCUT2D eigenvalue weighted by atomic mass is 9.98. The van der Waals surface area contributed by atoms with Crippen LogP contribution in [0.15, 0.2) is 39.7 Å². The molecule has 2 aromatic rings. The van der Waals surface area contributed by atoms with Crippen LogP contribution < -0.4 is 10.6 Å². The molecule has 2 heterocycles. The number of furan rings is 1. The number of fused-ring (bicyclic) bond motifs is 1. The van der Waals surface area contributed by atoms with Gasteiger partial charge < -0.3 is 15.1 Å². The van der Waals surface area contributed by atoms with Gasteiger partial charge in [0.2, 0.25) is 0 Å². The number of aliphatic imine (C=N–C) groups is 1.